The van der Waals surface area contributed by atoms with Crippen LogP contribution in [-0.4, -0.2) is 54.6 Å². The Hall–Kier alpha value is -3.73. The van der Waals surface area contributed by atoms with Crippen LogP contribution in [0.25, 0.3) is 37.5 Å². The first-order valence-electron chi connectivity index (χ1n) is 11.3. The first-order valence-corrected chi connectivity index (χ1v) is 12.1. The fourth-order valence-electron chi connectivity index (χ4n) is 4.36. The van der Waals surface area contributed by atoms with Crippen LogP contribution in [0.3, 0.4) is 0 Å². The van der Waals surface area contributed by atoms with Crippen LogP contribution >= 0.6 is 11.3 Å². The van der Waals surface area contributed by atoms with Gasteiger partial charge in [0.15, 0.2) is 0 Å². The van der Waals surface area contributed by atoms with Crippen LogP contribution in [0.2, 0.25) is 0 Å². The normalized spacial score (nSPS) is 12.9. The topological polar surface area (TPSA) is 81.6 Å². The molecule has 0 fully saturated rings. The number of carbonyl (C=O) groups excluding carboxylic acids is 1. The molecule has 0 saturated carbocycles. The van der Waals surface area contributed by atoms with Crippen molar-refractivity contribution >= 4 is 54.7 Å². The van der Waals surface area contributed by atoms with E-state index in [0.29, 0.717) is 22.7 Å². The maximum Gasteiger partial charge on any atom is 0.251 e. The van der Waals surface area contributed by atoms with Gasteiger partial charge in [0.2, 0.25) is 0 Å². The molecule has 3 aromatic carbocycles. The zero-order valence-electron chi connectivity index (χ0n) is 19.5. The molecule has 0 bridgehead atoms. The molecule has 170 valence electrons. The van der Waals surface area contributed by atoms with E-state index in [0.717, 1.165) is 54.7 Å². The Morgan fingerprint density at radius 2 is 1.91 bits per heavy atom. The lowest BCUT2D eigenvalue weighted by Crippen LogP contribution is -2.37. The van der Waals surface area contributed by atoms with Gasteiger partial charge in [0.05, 0.1) is 43.3 Å². The molecule has 0 spiro atoms. The molecular formula is C27H26N5OS+. The van der Waals surface area contributed by atoms with Gasteiger partial charge in [-0.2, -0.15) is 5.26 Å². The third-order valence-corrected chi connectivity index (χ3v) is 7.03. The minimum atomic E-state index is -0.0748. The summed E-state index contributed by atoms with van der Waals surface area (Å²) >= 11 is 1.51. The van der Waals surface area contributed by atoms with Crippen molar-refractivity contribution in [1.82, 2.24) is 15.3 Å². The Labute approximate surface area is 201 Å². The number of nitriles is 1. The van der Waals surface area contributed by atoms with E-state index < -0.39 is 0 Å². The third-order valence-electron chi connectivity index (χ3n) is 5.98. The van der Waals surface area contributed by atoms with E-state index in [2.05, 4.69) is 37.5 Å². The first kappa shape index (κ1) is 22.1. The number of aromatic amines is 1. The van der Waals surface area contributed by atoms with Crippen molar-refractivity contribution in [2.45, 2.75) is 6.42 Å². The third kappa shape index (κ3) is 4.03. The number of carbonyl (C=O) groups is 1. The Bertz CT molecular complexity index is 1600. The number of amides is 1. The second-order valence-electron chi connectivity index (χ2n) is 9.49. The van der Waals surface area contributed by atoms with Crippen LogP contribution in [0.1, 0.15) is 21.8 Å². The summed E-state index contributed by atoms with van der Waals surface area (Å²) in [6.45, 7) is 1.63. The van der Waals surface area contributed by atoms with Crippen molar-refractivity contribution in [2.24, 2.45) is 0 Å². The lowest BCUT2D eigenvalue weighted by molar-refractivity contribution is -0.870. The summed E-state index contributed by atoms with van der Waals surface area (Å²) < 4.78 is 1.91. The van der Waals surface area contributed by atoms with Gasteiger partial charge in [0, 0.05) is 34.8 Å². The van der Waals surface area contributed by atoms with Crippen LogP contribution in [0, 0.1) is 11.3 Å². The largest absolute Gasteiger partial charge is 0.353 e. The highest BCUT2D eigenvalue weighted by Gasteiger charge is 2.18. The molecule has 34 heavy (non-hydrogen) atoms. The summed E-state index contributed by atoms with van der Waals surface area (Å²) in [5, 5.41) is 17.3. The second-order valence-corrected chi connectivity index (χ2v) is 10.5. The summed E-state index contributed by atoms with van der Waals surface area (Å²) in [5.74, 6) is -0.0748. The molecule has 5 rings (SSSR count). The van der Waals surface area contributed by atoms with Crippen LogP contribution in [0.5, 0.6) is 0 Å². The summed E-state index contributed by atoms with van der Waals surface area (Å²) in [7, 11) is 6.44. The van der Waals surface area contributed by atoms with Crippen LogP contribution < -0.4 is 10.7 Å². The minimum Gasteiger partial charge on any atom is -0.353 e. The van der Waals surface area contributed by atoms with E-state index >= 15 is 0 Å². The highest BCUT2D eigenvalue weighted by Crippen LogP contribution is 2.30. The van der Waals surface area contributed by atoms with Gasteiger partial charge < -0.3 is 14.8 Å². The van der Waals surface area contributed by atoms with Gasteiger partial charge >= 0.3 is 0 Å². The maximum atomic E-state index is 13.0. The number of nitrogens with zero attached hydrogens (tertiary/aromatic N) is 3. The Balaban J connectivity index is 1.58. The van der Waals surface area contributed by atoms with Crippen molar-refractivity contribution in [3.8, 4) is 6.07 Å². The highest BCUT2D eigenvalue weighted by molar-refractivity contribution is 7.19. The number of benzene rings is 3. The predicted molar refractivity (Wildman–Crippen MR) is 139 cm³/mol. The Morgan fingerprint density at radius 3 is 2.68 bits per heavy atom. The number of hydrogen-bond acceptors (Lipinski definition) is 4. The molecule has 2 heterocycles. The summed E-state index contributed by atoms with van der Waals surface area (Å²) in [4.78, 5) is 21.1. The van der Waals surface area contributed by atoms with E-state index in [1.54, 1.807) is 0 Å². The number of nitrogens with one attached hydrogen (secondary N) is 2. The van der Waals surface area contributed by atoms with Crippen molar-refractivity contribution in [3.05, 3.63) is 70.5 Å². The monoisotopic (exact) mass is 468 g/mol. The number of hydrogen-bond donors (Lipinski definition) is 2. The lowest BCUT2D eigenvalue weighted by atomic mass is 10.0. The molecule has 0 aliphatic carbocycles. The average molecular weight is 469 g/mol. The highest BCUT2D eigenvalue weighted by atomic mass is 32.1. The molecule has 1 amide bonds. The van der Waals surface area contributed by atoms with E-state index in [1.165, 1.54) is 11.3 Å². The SMILES string of the molecule is C[N+](C)(C)CCCNC(=O)c1ccc2c(=C(C#N)c3nc4ccccc4s3)[nH]c3cccc1c32. The molecule has 0 saturated heterocycles. The molecule has 0 unspecified atom stereocenters. The van der Waals surface area contributed by atoms with E-state index in [9.17, 15) is 10.1 Å². The molecule has 0 aliphatic rings. The Morgan fingerprint density at radius 1 is 1.09 bits per heavy atom. The maximum absolute atomic E-state index is 13.0. The summed E-state index contributed by atoms with van der Waals surface area (Å²) in [6, 6.07) is 19.9. The van der Waals surface area contributed by atoms with E-state index in [-0.39, 0.29) is 5.91 Å². The zero-order valence-corrected chi connectivity index (χ0v) is 20.3. The van der Waals surface area contributed by atoms with Gasteiger partial charge in [-0.1, -0.05) is 30.3 Å². The number of thiazole rings is 1. The van der Waals surface area contributed by atoms with Gasteiger partial charge in [0.1, 0.15) is 16.6 Å². The number of fused-ring (bicyclic) bond motifs is 1. The van der Waals surface area contributed by atoms with Gasteiger partial charge in [-0.05, 0) is 29.7 Å². The standard InChI is InChI=1S/C27H25N5OS/c1-32(2,3)15-7-14-29-26(33)18-12-13-19-24-17(18)8-6-10-22(24)30-25(19)20(16-28)27-31-21-9-4-5-11-23(21)34-27/h4-6,8-13H,7,14-15H2,1-3H3,(H-,29,30,31,33)/p+1. The molecule has 7 heteroatoms. The lowest BCUT2D eigenvalue weighted by Gasteiger charge is -2.23. The molecule has 6 nitrogen and oxygen atoms in total. The van der Waals surface area contributed by atoms with Crippen molar-refractivity contribution in [1.29, 1.82) is 5.26 Å². The van der Waals surface area contributed by atoms with Crippen LogP contribution in [-0.2, 0) is 0 Å². The molecule has 0 atom stereocenters. The fourth-order valence-corrected chi connectivity index (χ4v) is 5.32. The van der Waals surface area contributed by atoms with Gasteiger partial charge in [-0.3, -0.25) is 4.79 Å². The minimum absolute atomic E-state index is 0.0748. The number of rotatable bonds is 6. The van der Waals surface area contributed by atoms with E-state index in [1.807, 2.05) is 54.6 Å². The van der Waals surface area contributed by atoms with E-state index in [4.69, 9.17) is 4.98 Å². The fraction of sp³-hybridized carbons (Fsp3) is 0.222. The molecule has 5 aromatic rings. The second kappa shape index (κ2) is 8.56. The van der Waals surface area contributed by atoms with Gasteiger partial charge in [0.25, 0.3) is 5.91 Å². The first-order chi connectivity index (χ1) is 16.4. The Kier molecular flexibility index (Phi) is 5.56. The van der Waals surface area contributed by atoms with Crippen LogP contribution in [0.4, 0.5) is 0 Å². The molecule has 2 N–H and O–H groups in total. The van der Waals surface area contributed by atoms with Gasteiger partial charge in [-0.25, -0.2) is 4.98 Å². The van der Waals surface area contributed by atoms with Crippen LogP contribution in [0.15, 0.2) is 54.6 Å². The average Bonchev–Trinajstić information content (AvgIpc) is 3.40. The van der Waals surface area contributed by atoms with Crippen molar-refractivity contribution < 1.29 is 9.28 Å². The molecular weight excluding hydrogens is 442 g/mol. The molecule has 0 radical (unpaired) electrons. The number of H-pyrrole nitrogens is 1. The number of quaternary nitrogens is 1. The predicted octanol–water partition coefficient (Wildman–Crippen LogP) is 4.20. The summed E-state index contributed by atoms with van der Waals surface area (Å²) in [6.07, 6.45) is 0.915. The smallest absolute Gasteiger partial charge is 0.251 e. The molecule has 2 aromatic heterocycles. The quantitative estimate of drug-likeness (QED) is 0.290. The molecule has 0 aliphatic heterocycles. The number of aromatic nitrogens is 2. The zero-order chi connectivity index (χ0) is 23.9. The number of para-hydroxylation sites is 1. The van der Waals surface area contributed by atoms with Crippen molar-refractivity contribution in [2.75, 3.05) is 34.2 Å². The van der Waals surface area contributed by atoms with Crippen molar-refractivity contribution in [3.63, 3.8) is 0 Å². The summed E-state index contributed by atoms with van der Waals surface area (Å²) in [5.41, 5.74) is 2.94. The van der Waals surface area contributed by atoms with Gasteiger partial charge in [-0.15, -0.1) is 11.3 Å².